The lowest BCUT2D eigenvalue weighted by molar-refractivity contribution is 1.29. The zero-order chi connectivity index (χ0) is 7.84. The van der Waals surface area contributed by atoms with Gasteiger partial charge in [-0.25, -0.2) is 9.97 Å². The second-order valence-corrected chi connectivity index (χ2v) is 2.75. The number of fused-ring (bicyclic) bond motifs is 1. The van der Waals surface area contributed by atoms with E-state index in [2.05, 4.69) is 21.3 Å². The van der Waals surface area contributed by atoms with Crippen molar-refractivity contribution in [1.82, 2.24) is 15.0 Å². The highest BCUT2D eigenvalue weighted by Crippen LogP contribution is 2.21. The monoisotopic (exact) mass is 186 g/mol. The third-order valence-electron chi connectivity index (χ3n) is 1.27. The Morgan fingerprint density at radius 2 is 2.27 bits per heavy atom. The molecule has 0 amide bonds. The van der Waals surface area contributed by atoms with Gasteiger partial charge in [-0.1, -0.05) is 23.2 Å². The van der Waals surface area contributed by atoms with Gasteiger partial charge in [0.05, 0.1) is 10.5 Å². The molecule has 2 rings (SSSR count). The van der Waals surface area contributed by atoms with Crippen molar-refractivity contribution >= 4 is 34.4 Å². The molecule has 11 heavy (non-hydrogen) atoms. The number of nitrogens with zero attached hydrogens (tertiary/aromatic N) is 2. The maximum absolute atomic E-state index is 5.69. The maximum atomic E-state index is 5.69. The van der Waals surface area contributed by atoms with Crippen LogP contribution in [-0.2, 0) is 0 Å². The fraction of sp³-hybridized carbons (Fsp3) is 0. The van der Waals surface area contributed by atoms with Gasteiger partial charge in [-0.2, -0.15) is 0 Å². The third-order valence-corrected chi connectivity index (χ3v) is 1.94. The molecular formula is C6H2Cl2N3. The standard InChI is InChI=1S/C6H2Cl2N3/c7-3-1-4-6(10-2-9-4)11-5(3)8/h1H,(H,9,10,11). The minimum Gasteiger partial charge on any atom is -0.334 e. The van der Waals surface area contributed by atoms with Crippen molar-refractivity contribution in [3.8, 4) is 0 Å². The molecule has 55 valence electrons. The summed E-state index contributed by atoms with van der Waals surface area (Å²) in [5.41, 5.74) is 1.26. The molecule has 2 aromatic heterocycles. The molecule has 0 atom stereocenters. The number of aromatic amines is 1. The normalized spacial score (nSPS) is 10.7. The maximum Gasteiger partial charge on any atom is 0.179 e. The van der Waals surface area contributed by atoms with Crippen LogP contribution in [0.1, 0.15) is 0 Å². The number of hydrogen-bond acceptors (Lipinski definition) is 2. The van der Waals surface area contributed by atoms with E-state index >= 15 is 0 Å². The second-order valence-electron chi connectivity index (χ2n) is 1.98. The molecule has 0 spiro atoms. The van der Waals surface area contributed by atoms with Gasteiger partial charge in [0.1, 0.15) is 5.15 Å². The largest absolute Gasteiger partial charge is 0.334 e. The predicted octanol–water partition coefficient (Wildman–Crippen LogP) is 2.06. The first-order valence-electron chi connectivity index (χ1n) is 2.85. The number of nitrogens with one attached hydrogen (secondary N) is 1. The van der Waals surface area contributed by atoms with Crippen LogP contribution in [0.3, 0.4) is 0 Å². The first-order chi connectivity index (χ1) is 5.27. The van der Waals surface area contributed by atoms with Crippen LogP contribution in [0.4, 0.5) is 0 Å². The molecule has 0 aliphatic carbocycles. The number of aromatic nitrogens is 3. The molecule has 3 nitrogen and oxygen atoms in total. The summed E-state index contributed by atoms with van der Waals surface area (Å²) in [4.78, 5) is 10.4. The van der Waals surface area contributed by atoms with E-state index in [4.69, 9.17) is 23.2 Å². The van der Waals surface area contributed by atoms with Gasteiger partial charge in [-0.05, 0) is 6.07 Å². The lowest BCUT2D eigenvalue weighted by Gasteiger charge is -1.91. The average Bonchev–Trinajstić information content (AvgIpc) is 2.36. The van der Waals surface area contributed by atoms with Gasteiger partial charge in [-0.15, -0.1) is 0 Å². The highest BCUT2D eigenvalue weighted by Gasteiger charge is 2.03. The van der Waals surface area contributed by atoms with Crippen LogP contribution in [0.25, 0.3) is 11.2 Å². The number of halogens is 2. The first kappa shape index (κ1) is 6.88. The second kappa shape index (κ2) is 2.36. The molecule has 5 heteroatoms. The summed E-state index contributed by atoms with van der Waals surface area (Å²) >= 11 is 11.3. The van der Waals surface area contributed by atoms with Crippen molar-refractivity contribution in [3.63, 3.8) is 0 Å². The van der Waals surface area contributed by atoms with E-state index < -0.39 is 0 Å². The Morgan fingerprint density at radius 3 is 3.09 bits per heavy atom. The third kappa shape index (κ3) is 1.06. The fourth-order valence-corrected chi connectivity index (χ4v) is 1.06. The topological polar surface area (TPSA) is 41.6 Å². The molecule has 0 bridgehead atoms. The number of rotatable bonds is 0. The number of pyridine rings is 1. The number of H-pyrrole nitrogens is 1. The Hall–Kier alpha value is -0.800. The van der Waals surface area contributed by atoms with Crippen LogP contribution in [0, 0.1) is 6.33 Å². The van der Waals surface area contributed by atoms with Crippen LogP contribution in [-0.4, -0.2) is 15.0 Å². The van der Waals surface area contributed by atoms with Gasteiger partial charge in [-0.3, -0.25) is 0 Å². The highest BCUT2D eigenvalue weighted by molar-refractivity contribution is 6.41. The summed E-state index contributed by atoms with van der Waals surface area (Å²) in [5.74, 6) is 0. The highest BCUT2D eigenvalue weighted by atomic mass is 35.5. The minimum absolute atomic E-state index is 0.264. The van der Waals surface area contributed by atoms with Gasteiger partial charge in [0, 0.05) is 0 Å². The predicted molar refractivity (Wildman–Crippen MR) is 42.7 cm³/mol. The Labute approximate surface area is 72.4 Å². The zero-order valence-electron chi connectivity index (χ0n) is 5.23. The molecule has 0 aromatic carbocycles. The summed E-state index contributed by atoms with van der Waals surface area (Å²) in [5, 5.41) is 0.677. The van der Waals surface area contributed by atoms with Crippen molar-refractivity contribution in [3.05, 3.63) is 22.6 Å². The molecule has 1 N–H and O–H groups in total. The molecule has 0 unspecified atom stereocenters. The van der Waals surface area contributed by atoms with Crippen LogP contribution >= 0.6 is 23.2 Å². The van der Waals surface area contributed by atoms with E-state index in [0.29, 0.717) is 10.7 Å². The van der Waals surface area contributed by atoms with Crippen LogP contribution in [0.5, 0.6) is 0 Å². The summed E-state index contributed by atoms with van der Waals surface area (Å²) in [7, 11) is 0. The SMILES string of the molecule is Clc1cc2[nH][c]nc2nc1Cl. The van der Waals surface area contributed by atoms with Crippen molar-refractivity contribution in [2.75, 3.05) is 0 Å². The van der Waals surface area contributed by atoms with Gasteiger partial charge in [0.15, 0.2) is 12.0 Å². The molecular weight excluding hydrogens is 185 g/mol. The van der Waals surface area contributed by atoms with Gasteiger partial charge in [0.25, 0.3) is 0 Å². The van der Waals surface area contributed by atoms with E-state index in [0.717, 1.165) is 5.52 Å². The number of imidazole rings is 1. The van der Waals surface area contributed by atoms with Gasteiger partial charge < -0.3 is 4.98 Å². The molecule has 0 aliphatic heterocycles. The van der Waals surface area contributed by atoms with E-state index in [1.54, 1.807) is 6.07 Å². The van der Waals surface area contributed by atoms with E-state index in [-0.39, 0.29) is 5.15 Å². The molecule has 0 saturated heterocycles. The summed E-state index contributed by atoms with van der Waals surface area (Å²) in [6.45, 7) is 0. The van der Waals surface area contributed by atoms with Crippen molar-refractivity contribution in [1.29, 1.82) is 0 Å². The summed E-state index contributed by atoms with van der Waals surface area (Å²) in [6.07, 6.45) is 2.54. The molecule has 0 aliphatic rings. The smallest absolute Gasteiger partial charge is 0.179 e. The Balaban J connectivity index is 2.86. The van der Waals surface area contributed by atoms with E-state index in [1.165, 1.54) is 0 Å². The fourth-order valence-electron chi connectivity index (χ4n) is 0.776. The zero-order valence-corrected chi connectivity index (χ0v) is 6.74. The first-order valence-corrected chi connectivity index (χ1v) is 3.61. The van der Waals surface area contributed by atoms with E-state index in [9.17, 15) is 0 Å². The van der Waals surface area contributed by atoms with Crippen LogP contribution < -0.4 is 0 Å². The lowest BCUT2D eigenvalue weighted by Crippen LogP contribution is -1.78. The molecule has 0 saturated carbocycles. The van der Waals surface area contributed by atoms with Crippen LogP contribution in [0.15, 0.2) is 6.07 Å². The molecule has 2 aromatic rings. The minimum atomic E-state index is 0.264. The Kier molecular flexibility index (Phi) is 1.47. The quantitative estimate of drug-likeness (QED) is 0.641. The summed E-state index contributed by atoms with van der Waals surface area (Å²) in [6, 6.07) is 1.66. The van der Waals surface area contributed by atoms with Crippen molar-refractivity contribution in [2.24, 2.45) is 0 Å². The number of hydrogen-bond donors (Lipinski definition) is 1. The molecule has 1 radical (unpaired) electrons. The van der Waals surface area contributed by atoms with Gasteiger partial charge >= 0.3 is 0 Å². The molecule has 2 heterocycles. The van der Waals surface area contributed by atoms with Crippen molar-refractivity contribution < 1.29 is 0 Å². The molecule has 0 fully saturated rings. The van der Waals surface area contributed by atoms with E-state index in [1.807, 2.05) is 0 Å². The summed E-state index contributed by atoms with van der Waals surface area (Å²) < 4.78 is 0. The Bertz CT molecular complexity index is 360. The Morgan fingerprint density at radius 1 is 1.45 bits per heavy atom. The van der Waals surface area contributed by atoms with Crippen LogP contribution in [0.2, 0.25) is 10.2 Å². The van der Waals surface area contributed by atoms with Crippen molar-refractivity contribution in [2.45, 2.75) is 0 Å². The van der Waals surface area contributed by atoms with Gasteiger partial charge in [0.2, 0.25) is 0 Å². The average molecular weight is 187 g/mol. The lowest BCUT2D eigenvalue weighted by atomic mass is 10.4.